The molecule has 1 nitrogen and oxygen atoms in total. The standard InChI is InChI=1S/C13H13BrO/c1-9-6-10(8-11(15)7-9)12-4-2-3-5-13(12)14/h2-5,7,10H,6,8H2,1H3. The zero-order valence-electron chi connectivity index (χ0n) is 8.66. The molecule has 1 atom stereocenters. The molecule has 78 valence electrons. The molecule has 1 aromatic carbocycles. The lowest BCUT2D eigenvalue weighted by molar-refractivity contribution is -0.115. The number of carbonyl (C=O) groups excluding carboxylic acids is 1. The second kappa shape index (κ2) is 4.31. The highest BCUT2D eigenvalue weighted by Gasteiger charge is 2.21. The second-order valence-electron chi connectivity index (χ2n) is 4.08. The lowest BCUT2D eigenvalue weighted by Crippen LogP contribution is -2.12. The van der Waals surface area contributed by atoms with Gasteiger partial charge in [-0.2, -0.15) is 0 Å². The molecule has 15 heavy (non-hydrogen) atoms. The van der Waals surface area contributed by atoms with Crippen molar-refractivity contribution < 1.29 is 4.79 Å². The monoisotopic (exact) mass is 264 g/mol. The van der Waals surface area contributed by atoms with Crippen molar-refractivity contribution in [1.29, 1.82) is 0 Å². The molecule has 0 aliphatic heterocycles. The van der Waals surface area contributed by atoms with E-state index in [4.69, 9.17) is 0 Å². The van der Waals surface area contributed by atoms with Gasteiger partial charge in [-0.1, -0.05) is 39.7 Å². The normalized spacial score (nSPS) is 21.3. The maximum absolute atomic E-state index is 11.5. The Morgan fingerprint density at radius 2 is 2.00 bits per heavy atom. The fourth-order valence-corrected chi connectivity index (χ4v) is 2.73. The Kier molecular flexibility index (Phi) is 3.06. The molecular formula is C13H13BrO. The predicted octanol–water partition coefficient (Wildman–Crippen LogP) is 3.84. The molecule has 1 aromatic rings. The highest BCUT2D eigenvalue weighted by Crippen LogP contribution is 2.34. The van der Waals surface area contributed by atoms with Crippen LogP contribution >= 0.6 is 15.9 Å². The number of halogens is 1. The van der Waals surface area contributed by atoms with E-state index in [1.165, 1.54) is 11.1 Å². The number of allylic oxidation sites excluding steroid dienone is 2. The minimum atomic E-state index is 0.250. The molecule has 0 saturated carbocycles. The van der Waals surface area contributed by atoms with E-state index in [0.29, 0.717) is 12.3 Å². The third kappa shape index (κ3) is 2.37. The van der Waals surface area contributed by atoms with Gasteiger partial charge in [0.2, 0.25) is 0 Å². The van der Waals surface area contributed by atoms with Crippen LogP contribution in [0.4, 0.5) is 0 Å². The van der Waals surface area contributed by atoms with Crippen molar-refractivity contribution in [2.45, 2.75) is 25.7 Å². The number of carbonyl (C=O) groups is 1. The van der Waals surface area contributed by atoms with E-state index in [2.05, 4.69) is 22.0 Å². The van der Waals surface area contributed by atoms with Crippen molar-refractivity contribution in [3.8, 4) is 0 Å². The van der Waals surface area contributed by atoms with Gasteiger partial charge in [0.05, 0.1) is 0 Å². The lowest BCUT2D eigenvalue weighted by Gasteiger charge is -2.21. The quantitative estimate of drug-likeness (QED) is 0.753. The molecule has 0 amide bonds. The molecule has 0 spiro atoms. The predicted molar refractivity (Wildman–Crippen MR) is 64.9 cm³/mol. The first-order valence-electron chi connectivity index (χ1n) is 5.11. The number of hydrogen-bond acceptors (Lipinski definition) is 1. The van der Waals surface area contributed by atoms with Gasteiger partial charge >= 0.3 is 0 Å². The number of rotatable bonds is 1. The maximum atomic E-state index is 11.5. The molecule has 1 unspecified atom stereocenters. The Labute approximate surface area is 98.3 Å². The van der Waals surface area contributed by atoms with Crippen LogP contribution in [0.3, 0.4) is 0 Å². The molecule has 0 N–H and O–H groups in total. The SMILES string of the molecule is CC1=CC(=O)CC(c2ccccc2Br)C1. The highest BCUT2D eigenvalue weighted by atomic mass is 79.9. The first kappa shape index (κ1) is 10.6. The van der Waals surface area contributed by atoms with E-state index < -0.39 is 0 Å². The van der Waals surface area contributed by atoms with Crippen molar-refractivity contribution in [3.63, 3.8) is 0 Å². The molecular weight excluding hydrogens is 252 g/mol. The van der Waals surface area contributed by atoms with Crippen LogP contribution in [0.2, 0.25) is 0 Å². The van der Waals surface area contributed by atoms with Crippen LogP contribution in [0.5, 0.6) is 0 Å². The summed E-state index contributed by atoms with van der Waals surface area (Å²) < 4.78 is 1.11. The van der Waals surface area contributed by atoms with Crippen LogP contribution in [0, 0.1) is 0 Å². The zero-order chi connectivity index (χ0) is 10.8. The summed E-state index contributed by atoms with van der Waals surface area (Å²) in [4.78, 5) is 11.5. The Hall–Kier alpha value is -0.890. The van der Waals surface area contributed by atoms with Gasteiger partial charge in [-0.05, 0) is 37.0 Å². The Morgan fingerprint density at radius 1 is 1.27 bits per heavy atom. The zero-order valence-corrected chi connectivity index (χ0v) is 10.3. The third-order valence-electron chi connectivity index (χ3n) is 2.77. The second-order valence-corrected chi connectivity index (χ2v) is 4.94. The summed E-state index contributed by atoms with van der Waals surface area (Å²) in [6, 6.07) is 8.16. The Morgan fingerprint density at radius 3 is 2.67 bits per heavy atom. The van der Waals surface area contributed by atoms with Crippen molar-refractivity contribution in [2.24, 2.45) is 0 Å². The summed E-state index contributed by atoms with van der Waals surface area (Å²) in [6.45, 7) is 2.03. The maximum Gasteiger partial charge on any atom is 0.156 e. The topological polar surface area (TPSA) is 17.1 Å². The molecule has 0 aromatic heterocycles. The first-order valence-corrected chi connectivity index (χ1v) is 5.90. The lowest BCUT2D eigenvalue weighted by atomic mass is 9.84. The summed E-state index contributed by atoms with van der Waals surface area (Å²) in [5, 5.41) is 0. The van der Waals surface area contributed by atoms with Crippen molar-refractivity contribution in [2.75, 3.05) is 0 Å². The van der Waals surface area contributed by atoms with E-state index in [9.17, 15) is 4.79 Å². The van der Waals surface area contributed by atoms with Crippen LogP contribution in [0.1, 0.15) is 31.2 Å². The van der Waals surface area contributed by atoms with Gasteiger partial charge in [0.1, 0.15) is 0 Å². The summed E-state index contributed by atoms with van der Waals surface area (Å²) in [6.07, 6.45) is 3.40. The minimum absolute atomic E-state index is 0.250. The summed E-state index contributed by atoms with van der Waals surface area (Å²) in [5.74, 6) is 0.595. The Balaban J connectivity index is 2.30. The molecule has 0 bridgehead atoms. The number of hydrogen-bond donors (Lipinski definition) is 0. The van der Waals surface area contributed by atoms with Crippen LogP contribution in [0.25, 0.3) is 0 Å². The van der Waals surface area contributed by atoms with Gasteiger partial charge < -0.3 is 0 Å². The van der Waals surface area contributed by atoms with E-state index in [1.807, 2.05) is 25.1 Å². The molecule has 1 aliphatic rings. The van der Waals surface area contributed by atoms with Gasteiger partial charge in [-0.15, -0.1) is 0 Å². The van der Waals surface area contributed by atoms with Gasteiger partial charge in [0, 0.05) is 10.9 Å². The fourth-order valence-electron chi connectivity index (χ4n) is 2.12. The van der Waals surface area contributed by atoms with Crippen LogP contribution in [-0.4, -0.2) is 5.78 Å². The average molecular weight is 265 g/mol. The fraction of sp³-hybridized carbons (Fsp3) is 0.308. The van der Waals surface area contributed by atoms with Gasteiger partial charge in [-0.3, -0.25) is 4.79 Å². The van der Waals surface area contributed by atoms with Crippen molar-refractivity contribution in [1.82, 2.24) is 0 Å². The molecule has 0 saturated heterocycles. The van der Waals surface area contributed by atoms with E-state index in [1.54, 1.807) is 6.08 Å². The third-order valence-corrected chi connectivity index (χ3v) is 3.49. The van der Waals surface area contributed by atoms with Crippen LogP contribution < -0.4 is 0 Å². The van der Waals surface area contributed by atoms with Crippen LogP contribution in [0.15, 0.2) is 40.4 Å². The molecule has 2 rings (SSSR count). The molecule has 2 heteroatoms. The first-order chi connectivity index (χ1) is 7.16. The number of ketones is 1. The van der Waals surface area contributed by atoms with E-state index >= 15 is 0 Å². The molecule has 0 heterocycles. The average Bonchev–Trinajstić information content (AvgIpc) is 2.16. The highest BCUT2D eigenvalue weighted by molar-refractivity contribution is 9.10. The minimum Gasteiger partial charge on any atom is -0.295 e. The summed E-state index contributed by atoms with van der Waals surface area (Å²) >= 11 is 3.54. The Bertz CT molecular complexity index is 420. The number of benzene rings is 1. The molecule has 0 radical (unpaired) electrons. The van der Waals surface area contributed by atoms with E-state index in [-0.39, 0.29) is 5.78 Å². The van der Waals surface area contributed by atoms with Crippen molar-refractivity contribution >= 4 is 21.7 Å². The van der Waals surface area contributed by atoms with Crippen molar-refractivity contribution in [3.05, 3.63) is 46.0 Å². The van der Waals surface area contributed by atoms with Gasteiger partial charge in [0.25, 0.3) is 0 Å². The molecule has 0 fully saturated rings. The van der Waals surface area contributed by atoms with Gasteiger partial charge in [0.15, 0.2) is 5.78 Å². The summed E-state index contributed by atoms with van der Waals surface area (Å²) in [7, 11) is 0. The molecule has 1 aliphatic carbocycles. The van der Waals surface area contributed by atoms with Gasteiger partial charge in [-0.25, -0.2) is 0 Å². The van der Waals surface area contributed by atoms with E-state index in [0.717, 1.165) is 10.9 Å². The largest absolute Gasteiger partial charge is 0.295 e. The summed E-state index contributed by atoms with van der Waals surface area (Å²) in [5.41, 5.74) is 2.44. The van der Waals surface area contributed by atoms with Crippen LogP contribution in [-0.2, 0) is 4.79 Å². The smallest absolute Gasteiger partial charge is 0.156 e.